The van der Waals surface area contributed by atoms with E-state index in [2.05, 4.69) is 26.2 Å². The maximum absolute atomic E-state index is 5.81. The molecular formula is C14H16BrN3O. The van der Waals surface area contributed by atoms with Gasteiger partial charge in [-0.05, 0) is 46.1 Å². The molecule has 0 aliphatic rings. The lowest BCUT2D eigenvalue weighted by Gasteiger charge is -2.11. The van der Waals surface area contributed by atoms with Crippen molar-refractivity contribution in [1.29, 1.82) is 0 Å². The van der Waals surface area contributed by atoms with Gasteiger partial charge in [0, 0.05) is 12.8 Å². The standard InChI is InChI=1S/C14H16BrN3O/c1-9-12(16)7-17-14(13(9)15)18-11-5-3-4-10(6-11)8-19-2/h3-7H,8,16H2,1-2H3,(H,17,18). The molecular weight excluding hydrogens is 306 g/mol. The van der Waals surface area contributed by atoms with Crippen LogP contribution in [0.1, 0.15) is 11.1 Å². The van der Waals surface area contributed by atoms with E-state index in [1.54, 1.807) is 13.3 Å². The monoisotopic (exact) mass is 321 g/mol. The molecule has 19 heavy (non-hydrogen) atoms. The van der Waals surface area contributed by atoms with E-state index < -0.39 is 0 Å². The summed E-state index contributed by atoms with van der Waals surface area (Å²) in [5.41, 5.74) is 9.53. The molecule has 0 aliphatic carbocycles. The first-order valence-electron chi connectivity index (χ1n) is 5.87. The number of halogens is 1. The zero-order valence-corrected chi connectivity index (χ0v) is 12.5. The Morgan fingerprint density at radius 2 is 2.21 bits per heavy atom. The minimum atomic E-state index is 0.588. The molecule has 0 saturated carbocycles. The molecule has 0 radical (unpaired) electrons. The predicted molar refractivity (Wildman–Crippen MR) is 81.5 cm³/mol. The molecule has 1 heterocycles. The zero-order chi connectivity index (χ0) is 13.8. The number of anilines is 3. The van der Waals surface area contributed by atoms with Crippen molar-refractivity contribution in [2.75, 3.05) is 18.2 Å². The second-order valence-corrected chi connectivity index (χ2v) is 5.05. The largest absolute Gasteiger partial charge is 0.397 e. The summed E-state index contributed by atoms with van der Waals surface area (Å²) in [6.45, 7) is 2.54. The van der Waals surface area contributed by atoms with E-state index in [0.717, 1.165) is 27.1 Å². The van der Waals surface area contributed by atoms with Gasteiger partial charge in [0.25, 0.3) is 0 Å². The maximum atomic E-state index is 5.81. The number of methoxy groups -OCH3 is 1. The van der Waals surface area contributed by atoms with Gasteiger partial charge in [-0.2, -0.15) is 0 Å². The van der Waals surface area contributed by atoms with E-state index in [9.17, 15) is 0 Å². The average molecular weight is 322 g/mol. The maximum Gasteiger partial charge on any atom is 0.145 e. The SMILES string of the molecule is COCc1cccc(Nc2ncc(N)c(C)c2Br)c1. The Hall–Kier alpha value is -1.59. The Morgan fingerprint density at radius 1 is 1.42 bits per heavy atom. The Kier molecular flexibility index (Phi) is 4.39. The lowest BCUT2D eigenvalue weighted by Crippen LogP contribution is -2.00. The predicted octanol–water partition coefficient (Wildman–Crippen LogP) is 3.62. The summed E-state index contributed by atoms with van der Waals surface area (Å²) in [6.07, 6.45) is 1.65. The number of nitrogens with two attached hydrogens (primary N) is 1. The summed E-state index contributed by atoms with van der Waals surface area (Å²) in [6, 6.07) is 8.02. The number of hydrogen-bond donors (Lipinski definition) is 2. The molecule has 1 aromatic heterocycles. The van der Waals surface area contributed by atoms with E-state index in [1.807, 2.05) is 31.2 Å². The molecule has 1 aromatic carbocycles. The molecule has 0 spiro atoms. The van der Waals surface area contributed by atoms with Crippen LogP contribution in [0.4, 0.5) is 17.2 Å². The molecule has 2 rings (SSSR count). The van der Waals surface area contributed by atoms with Crippen molar-refractivity contribution >= 4 is 33.1 Å². The molecule has 0 atom stereocenters. The molecule has 5 heteroatoms. The molecule has 2 aromatic rings. The first kappa shape index (κ1) is 13.8. The highest BCUT2D eigenvalue weighted by molar-refractivity contribution is 9.10. The second-order valence-electron chi connectivity index (χ2n) is 4.26. The minimum absolute atomic E-state index is 0.588. The number of pyridine rings is 1. The Labute approximate surface area is 121 Å². The summed E-state index contributed by atoms with van der Waals surface area (Å²) in [5.74, 6) is 0.751. The van der Waals surface area contributed by atoms with Crippen LogP contribution in [0.15, 0.2) is 34.9 Å². The zero-order valence-electron chi connectivity index (χ0n) is 10.9. The number of rotatable bonds is 4. The van der Waals surface area contributed by atoms with Gasteiger partial charge >= 0.3 is 0 Å². The third-order valence-corrected chi connectivity index (χ3v) is 3.77. The number of nitrogens with one attached hydrogen (secondary N) is 1. The molecule has 100 valence electrons. The van der Waals surface area contributed by atoms with Crippen molar-refractivity contribution in [3.8, 4) is 0 Å². The summed E-state index contributed by atoms with van der Waals surface area (Å²) in [5, 5.41) is 3.27. The average Bonchev–Trinajstić information content (AvgIpc) is 2.40. The van der Waals surface area contributed by atoms with Gasteiger partial charge in [0.2, 0.25) is 0 Å². The van der Waals surface area contributed by atoms with Crippen LogP contribution in [-0.4, -0.2) is 12.1 Å². The van der Waals surface area contributed by atoms with Crippen molar-refractivity contribution in [3.05, 3.63) is 46.1 Å². The number of nitrogen functional groups attached to an aromatic ring is 1. The van der Waals surface area contributed by atoms with E-state index in [4.69, 9.17) is 10.5 Å². The Morgan fingerprint density at radius 3 is 2.95 bits per heavy atom. The van der Waals surface area contributed by atoms with Crippen LogP contribution in [0.2, 0.25) is 0 Å². The molecule has 3 N–H and O–H groups in total. The smallest absolute Gasteiger partial charge is 0.145 e. The van der Waals surface area contributed by atoms with Crippen molar-refractivity contribution in [2.24, 2.45) is 0 Å². The number of ether oxygens (including phenoxy) is 1. The quantitative estimate of drug-likeness (QED) is 0.902. The normalized spacial score (nSPS) is 10.5. The lowest BCUT2D eigenvalue weighted by molar-refractivity contribution is 0.185. The van der Waals surface area contributed by atoms with E-state index in [0.29, 0.717) is 12.3 Å². The van der Waals surface area contributed by atoms with Gasteiger partial charge in [0.15, 0.2) is 0 Å². The van der Waals surface area contributed by atoms with Gasteiger partial charge in [-0.15, -0.1) is 0 Å². The van der Waals surface area contributed by atoms with Crippen molar-refractivity contribution in [2.45, 2.75) is 13.5 Å². The fourth-order valence-corrected chi connectivity index (χ4v) is 2.15. The highest BCUT2D eigenvalue weighted by Gasteiger charge is 2.07. The third-order valence-electron chi connectivity index (χ3n) is 2.80. The summed E-state index contributed by atoms with van der Waals surface area (Å²) < 4.78 is 6.00. The topological polar surface area (TPSA) is 60.2 Å². The van der Waals surface area contributed by atoms with Gasteiger partial charge in [-0.1, -0.05) is 12.1 Å². The van der Waals surface area contributed by atoms with E-state index in [1.165, 1.54) is 0 Å². The van der Waals surface area contributed by atoms with Gasteiger partial charge in [0.05, 0.1) is 23.0 Å². The summed E-state index contributed by atoms with van der Waals surface area (Å²) in [4.78, 5) is 4.30. The Bertz CT molecular complexity index is 587. The summed E-state index contributed by atoms with van der Waals surface area (Å²) >= 11 is 3.51. The van der Waals surface area contributed by atoms with Gasteiger partial charge in [0.1, 0.15) is 5.82 Å². The van der Waals surface area contributed by atoms with Gasteiger partial charge in [-0.25, -0.2) is 4.98 Å². The van der Waals surface area contributed by atoms with Crippen LogP contribution >= 0.6 is 15.9 Å². The Balaban J connectivity index is 2.26. The van der Waals surface area contributed by atoms with Crippen molar-refractivity contribution in [3.63, 3.8) is 0 Å². The molecule has 0 bridgehead atoms. The van der Waals surface area contributed by atoms with Gasteiger partial charge in [-0.3, -0.25) is 0 Å². The second kappa shape index (κ2) is 6.04. The van der Waals surface area contributed by atoms with Crippen LogP contribution < -0.4 is 11.1 Å². The highest BCUT2D eigenvalue weighted by Crippen LogP contribution is 2.30. The molecule has 0 aliphatic heterocycles. The third kappa shape index (κ3) is 3.24. The fraction of sp³-hybridized carbons (Fsp3) is 0.214. The number of benzene rings is 1. The van der Waals surface area contributed by atoms with Gasteiger partial charge < -0.3 is 15.8 Å². The van der Waals surface area contributed by atoms with E-state index >= 15 is 0 Å². The van der Waals surface area contributed by atoms with Crippen LogP contribution in [0.25, 0.3) is 0 Å². The lowest BCUT2D eigenvalue weighted by atomic mass is 10.2. The molecule has 0 unspecified atom stereocenters. The number of hydrogen-bond acceptors (Lipinski definition) is 4. The van der Waals surface area contributed by atoms with E-state index in [-0.39, 0.29) is 0 Å². The molecule has 0 saturated heterocycles. The summed E-state index contributed by atoms with van der Waals surface area (Å²) in [7, 11) is 1.68. The number of nitrogens with zero attached hydrogens (tertiary/aromatic N) is 1. The highest BCUT2D eigenvalue weighted by atomic mass is 79.9. The molecule has 0 amide bonds. The van der Waals surface area contributed by atoms with Crippen molar-refractivity contribution in [1.82, 2.24) is 4.98 Å². The van der Waals surface area contributed by atoms with Crippen LogP contribution in [0.3, 0.4) is 0 Å². The fourth-order valence-electron chi connectivity index (χ4n) is 1.72. The first-order valence-corrected chi connectivity index (χ1v) is 6.66. The van der Waals surface area contributed by atoms with Crippen molar-refractivity contribution < 1.29 is 4.74 Å². The molecule has 4 nitrogen and oxygen atoms in total. The number of aromatic nitrogens is 1. The van der Waals surface area contributed by atoms with Crippen LogP contribution in [0.5, 0.6) is 0 Å². The first-order chi connectivity index (χ1) is 9.11. The minimum Gasteiger partial charge on any atom is -0.397 e. The van der Waals surface area contributed by atoms with Crippen LogP contribution in [-0.2, 0) is 11.3 Å². The van der Waals surface area contributed by atoms with Crippen LogP contribution in [0, 0.1) is 6.92 Å². The molecule has 0 fully saturated rings.